The molecular weight excluding hydrogens is 242 g/mol. The lowest BCUT2D eigenvalue weighted by Gasteiger charge is -2.09. The highest BCUT2D eigenvalue weighted by Gasteiger charge is 2.05. The van der Waals surface area contributed by atoms with Gasteiger partial charge in [0.15, 0.2) is 6.29 Å². The topological polar surface area (TPSA) is 48.4 Å². The monoisotopic (exact) mass is 257 g/mol. The summed E-state index contributed by atoms with van der Waals surface area (Å²) in [6, 6.07) is 10.9. The van der Waals surface area contributed by atoms with Crippen molar-refractivity contribution in [1.82, 2.24) is 4.98 Å². The number of aldehydes is 1. The molecule has 1 aromatic heterocycles. The first kappa shape index (κ1) is 13.1. The molecule has 98 valence electrons. The van der Waals surface area contributed by atoms with Crippen molar-refractivity contribution in [2.45, 2.75) is 6.42 Å². The van der Waals surface area contributed by atoms with Crippen LogP contribution in [-0.4, -0.2) is 25.0 Å². The molecule has 0 N–H and O–H groups in total. The Morgan fingerprint density at radius 3 is 2.84 bits per heavy atom. The van der Waals surface area contributed by atoms with Crippen LogP contribution in [0.3, 0.4) is 0 Å². The number of rotatable bonds is 6. The first-order valence-corrected chi connectivity index (χ1v) is 5.99. The molecule has 0 saturated heterocycles. The van der Waals surface area contributed by atoms with Gasteiger partial charge in [0.05, 0.1) is 19.3 Å². The zero-order valence-corrected chi connectivity index (χ0v) is 10.7. The van der Waals surface area contributed by atoms with Crippen LogP contribution in [-0.2, 0) is 6.42 Å². The highest BCUT2D eigenvalue weighted by molar-refractivity contribution is 5.80. The Balaban J connectivity index is 1.97. The van der Waals surface area contributed by atoms with Gasteiger partial charge >= 0.3 is 0 Å². The van der Waals surface area contributed by atoms with Crippen molar-refractivity contribution >= 4 is 6.29 Å². The lowest BCUT2D eigenvalue weighted by atomic mass is 10.2. The van der Waals surface area contributed by atoms with Crippen LogP contribution in [0.1, 0.15) is 16.1 Å². The number of pyridine rings is 1. The fraction of sp³-hybridized carbons (Fsp3) is 0.200. The summed E-state index contributed by atoms with van der Waals surface area (Å²) in [6.45, 7) is 0.476. The van der Waals surface area contributed by atoms with Crippen molar-refractivity contribution in [3.63, 3.8) is 0 Å². The first-order chi connectivity index (χ1) is 9.33. The lowest BCUT2D eigenvalue weighted by molar-refractivity contribution is 0.111. The lowest BCUT2D eigenvalue weighted by Crippen LogP contribution is -2.04. The highest BCUT2D eigenvalue weighted by Crippen LogP contribution is 2.22. The molecule has 4 heteroatoms. The quantitative estimate of drug-likeness (QED) is 0.746. The molecule has 0 aliphatic heterocycles. The number of methoxy groups -OCH3 is 1. The molecule has 2 rings (SSSR count). The standard InChI is InChI=1S/C15H15NO3/c1-18-14-5-6-15(12(10-14)11-17)19-9-7-13-4-2-3-8-16-13/h2-6,8,10-11H,7,9H2,1H3. The van der Waals surface area contributed by atoms with Gasteiger partial charge < -0.3 is 9.47 Å². The van der Waals surface area contributed by atoms with E-state index in [1.54, 1.807) is 31.5 Å². The molecule has 0 unspecified atom stereocenters. The van der Waals surface area contributed by atoms with Crippen molar-refractivity contribution in [3.8, 4) is 11.5 Å². The Kier molecular flexibility index (Phi) is 4.50. The Labute approximate surface area is 112 Å². The summed E-state index contributed by atoms with van der Waals surface area (Å²) in [5.74, 6) is 1.20. The number of hydrogen-bond donors (Lipinski definition) is 0. The molecule has 1 aromatic carbocycles. The van der Waals surface area contributed by atoms with Crippen molar-refractivity contribution < 1.29 is 14.3 Å². The maximum absolute atomic E-state index is 11.0. The Bertz CT molecular complexity index is 540. The van der Waals surface area contributed by atoms with Crippen LogP contribution in [0.2, 0.25) is 0 Å². The summed E-state index contributed by atoms with van der Waals surface area (Å²) < 4.78 is 10.7. The van der Waals surface area contributed by atoms with E-state index in [9.17, 15) is 4.79 Å². The summed E-state index contributed by atoms with van der Waals surface area (Å²) in [7, 11) is 1.56. The summed E-state index contributed by atoms with van der Waals surface area (Å²) in [5.41, 5.74) is 1.45. The molecule has 0 spiro atoms. The molecule has 0 fully saturated rings. The summed E-state index contributed by atoms with van der Waals surface area (Å²) in [6.07, 6.45) is 3.21. The molecule has 1 heterocycles. The normalized spacial score (nSPS) is 9.95. The molecule has 0 radical (unpaired) electrons. The van der Waals surface area contributed by atoms with Crippen LogP contribution in [0.5, 0.6) is 11.5 Å². The third-order valence-corrected chi connectivity index (χ3v) is 2.69. The van der Waals surface area contributed by atoms with E-state index < -0.39 is 0 Å². The average Bonchev–Trinajstić information content (AvgIpc) is 2.48. The number of carbonyl (C=O) groups excluding carboxylic acids is 1. The number of aromatic nitrogens is 1. The van der Waals surface area contributed by atoms with Crippen LogP contribution in [0.25, 0.3) is 0 Å². The second-order valence-electron chi connectivity index (χ2n) is 3.94. The summed E-state index contributed by atoms with van der Waals surface area (Å²) in [5, 5.41) is 0. The molecule has 4 nitrogen and oxygen atoms in total. The van der Waals surface area contributed by atoms with E-state index in [2.05, 4.69) is 4.98 Å². The van der Waals surface area contributed by atoms with E-state index in [1.807, 2.05) is 18.2 Å². The molecule has 0 aliphatic rings. The van der Waals surface area contributed by atoms with E-state index in [0.29, 0.717) is 30.1 Å². The highest BCUT2D eigenvalue weighted by atomic mass is 16.5. The van der Waals surface area contributed by atoms with Crippen molar-refractivity contribution in [3.05, 3.63) is 53.9 Å². The van der Waals surface area contributed by atoms with Crippen LogP contribution in [0.15, 0.2) is 42.6 Å². The van der Waals surface area contributed by atoms with Gasteiger partial charge in [-0.1, -0.05) is 6.07 Å². The number of carbonyl (C=O) groups is 1. The van der Waals surface area contributed by atoms with Crippen LogP contribution in [0, 0.1) is 0 Å². The molecule has 0 saturated carbocycles. The minimum Gasteiger partial charge on any atom is -0.497 e. The molecule has 0 atom stereocenters. The molecule has 0 amide bonds. The van der Waals surface area contributed by atoms with Gasteiger partial charge in [-0.15, -0.1) is 0 Å². The van der Waals surface area contributed by atoms with Gasteiger partial charge in [0.1, 0.15) is 11.5 Å². The third-order valence-electron chi connectivity index (χ3n) is 2.69. The third kappa shape index (κ3) is 3.55. The van der Waals surface area contributed by atoms with Gasteiger partial charge in [-0.05, 0) is 30.3 Å². The second-order valence-corrected chi connectivity index (χ2v) is 3.94. The van der Waals surface area contributed by atoms with Crippen LogP contribution >= 0.6 is 0 Å². The van der Waals surface area contributed by atoms with Crippen LogP contribution in [0.4, 0.5) is 0 Å². The predicted octanol–water partition coefficient (Wildman–Crippen LogP) is 2.52. The number of benzene rings is 1. The van der Waals surface area contributed by atoms with E-state index in [4.69, 9.17) is 9.47 Å². The van der Waals surface area contributed by atoms with E-state index >= 15 is 0 Å². The Morgan fingerprint density at radius 2 is 2.16 bits per heavy atom. The van der Waals surface area contributed by atoms with Gasteiger partial charge in [0, 0.05) is 18.3 Å². The van der Waals surface area contributed by atoms with Crippen molar-refractivity contribution in [2.75, 3.05) is 13.7 Å². The molecule has 19 heavy (non-hydrogen) atoms. The van der Waals surface area contributed by atoms with Gasteiger partial charge in [-0.25, -0.2) is 0 Å². The Morgan fingerprint density at radius 1 is 1.26 bits per heavy atom. The molecular formula is C15H15NO3. The fourth-order valence-electron chi connectivity index (χ4n) is 1.69. The van der Waals surface area contributed by atoms with Crippen LogP contribution < -0.4 is 9.47 Å². The zero-order chi connectivity index (χ0) is 13.5. The smallest absolute Gasteiger partial charge is 0.153 e. The van der Waals surface area contributed by atoms with E-state index in [0.717, 1.165) is 12.0 Å². The summed E-state index contributed by atoms with van der Waals surface area (Å²) >= 11 is 0. The Hall–Kier alpha value is -2.36. The van der Waals surface area contributed by atoms with Gasteiger partial charge in [-0.2, -0.15) is 0 Å². The van der Waals surface area contributed by atoms with Crippen molar-refractivity contribution in [2.24, 2.45) is 0 Å². The zero-order valence-electron chi connectivity index (χ0n) is 10.7. The summed E-state index contributed by atoms with van der Waals surface area (Å²) in [4.78, 5) is 15.2. The maximum Gasteiger partial charge on any atom is 0.153 e. The average molecular weight is 257 g/mol. The first-order valence-electron chi connectivity index (χ1n) is 5.99. The van der Waals surface area contributed by atoms with Gasteiger partial charge in [-0.3, -0.25) is 9.78 Å². The number of ether oxygens (including phenoxy) is 2. The molecule has 2 aromatic rings. The SMILES string of the molecule is COc1ccc(OCCc2ccccn2)c(C=O)c1. The fourth-order valence-corrected chi connectivity index (χ4v) is 1.69. The number of nitrogens with zero attached hydrogens (tertiary/aromatic N) is 1. The van der Waals surface area contributed by atoms with E-state index in [-0.39, 0.29) is 0 Å². The maximum atomic E-state index is 11.0. The number of hydrogen-bond acceptors (Lipinski definition) is 4. The van der Waals surface area contributed by atoms with E-state index in [1.165, 1.54) is 0 Å². The second kappa shape index (κ2) is 6.54. The molecule has 0 aliphatic carbocycles. The molecule has 0 bridgehead atoms. The minimum absolute atomic E-state index is 0.476. The van der Waals surface area contributed by atoms with Gasteiger partial charge in [0.25, 0.3) is 0 Å². The largest absolute Gasteiger partial charge is 0.497 e. The minimum atomic E-state index is 0.476. The predicted molar refractivity (Wildman–Crippen MR) is 71.8 cm³/mol. The van der Waals surface area contributed by atoms with Gasteiger partial charge in [0.2, 0.25) is 0 Å². The van der Waals surface area contributed by atoms with Crippen molar-refractivity contribution in [1.29, 1.82) is 0 Å².